The van der Waals surface area contributed by atoms with E-state index >= 15 is 0 Å². The van der Waals surface area contributed by atoms with Gasteiger partial charge in [0.1, 0.15) is 5.82 Å². The summed E-state index contributed by atoms with van der Waals surface area (Å²) in [6.07, 6.45) is 5.70. The van der Waals surface area contributed by atoms with Crippen molar-refractivity contribution in [2.45, 2.75) is 26.2 Å². The zero-order valence-electron chi connectivity index (χ0n) is 23.3. The van der Waals surface area contributed by atoms with Crippen molar-refractivity contribution in [1.82, 2.24) is 18.9 Å². The summed E-state index contributed by atoms with van der Waals surface area (Å²) in [6.45, 7) is 6.75. The number of para-hydroxylation sites is 2. The van der Waals surface area contributed by atoms with Gasteiger partial charge in [0.05, 0.1) is 5.65 Å². The Morgan fingerprint density at radius 3 is 2.26 bits per heavy atom. The van der Waals surface area contributed by atoms with Crippen LogP contribution in [0.25, 0.3) is 54.9 Å². The van der Waals surface area contributed by atoms with Crippen LogP contribution in [0.5, 0.6) is 11.5 Å². The molecule has 0 saturated heterocycles. The maximum absolute atomic E-state index is 6.42. The molecule has 0 bridgehead atoms. The number of aromatic nitrogens is 4. The minimum absolute atomic E-state index is 0. The van der Waals surface area contributed by atoms with Crippen LogP contribution in [0.4, 0.5) is 0 Å². The van der Waals surface area contributed by atoms with Crippen molar-refractivity contribution >= 4 is 49.1 Å². The number of hydrogen-bond donors (Lipinski definition) is 0. The monoisotopic (exact) mass is 725 g/mol. The Kier molecular flexibility index (Phi) is 6.18. The second-order valence-electron chi connectivity index (χ2n) is 11.4. The largest absolute Gasteiger partial charge is 2.00 e. The fourth-order valence-corrected chi connectivity index (χ4v) is 6.01. The quantitative estimate of drug-likeness (QED) is 0.135. The molecular weight excluding hydrogens is 700 g/mol. The predicted octanol–water partition coefficient (Wildman–Crippen LogP) is 8.82. The number of rotatable bonds is 3. The van der Waals surface area contributed by atoms with Crippen molar-refractivity contribution in [3.63, 3.8) is 0 Å². The summed E-state index contributed by atoms with van der Waals surface area (Å²) in [4.78, 5) is 9.36. The second kappa shape index (κ2) is 9.82. The van der Waals surface area contributed by atoms with Gasteiger partial charge in [-0.3, -0.25) is 4.98 Å². The standard InChI is InChI=1S/C36H26N4O.Pt/c1-36(2,3)30-11-8-10-28-25-16-14-23(21-29(25)35-38-19-20-39(35)34(28)30)41-24-15-17-27-26-9-4-5-12-31(26)40(32(27)22-24)33-13-6-7-18-37-33;/h4-20H,1-3H3;/q-2;+2. The molecule has 8 rings (SSSR count). The molecule has 8 aromatic rings. The van der Waals surface area contributed by atoms with Gasteiger partial charge in [0.25, 0.3) is 0 Å². The first-order valence-electron chi connectivity index (χ1n) is 13.8. The van der Waals surface area contributed by atoms with Crippen molar-refractivity contribution in [3.05, 3.63) is 121 Å². The van der Waals surface area contributed by atoms with Gasteiger partial charge in [-0.05, 0) is 39.9 Å². The number of pyridine rings is 2. The van der Waals surface area contributed by atoms with E-state index in [1.807, 2.05) is 55.0 Å². The molecule has 42 heavy (non-hydrogen) atoms. The Labute approximate surface area is 257 Å². The van der Waals surface area contributed by atoms with Gasteiger partial charge in [-0.25, -0.2) is 4.98 Å². The minimum Gasteiger partial charge on any atom is -0.503 e. The average molecular weight is 726 g/mol. The van der Waals surface area contributed by atoms with Crippen LogP contribution in [-0.4, -0.2) is 18.9 Å². The Morgan fingerprint density at radius 2 is 1.45 bits per heavy atom. The van der Waals surface area contributed by atoms with Crippen LogP contribution in [0.1, 0.15) is 26.3 Å². The molecule has 0 spiro atoms. The molecule has 0 saturated carbocycles. The molecule has 0 aliphatic rings. The molecule has 0 N–H and O–H groups in total. The fraction of sp³-hybridized carbons (Fsp3) is 0.111. The van der Waals surface area contributed by atoms with Crippen LogP contribution in [0.2, 0.25) is 0 Å². The van der Waals surface area contributed by atoms with Gasteiger partial charge in [0, 0.05) is 41.1 Å². The number of fused-ring (bicyclic) bond motifs is 9. The number of nitrogens with zero attached hydrogens (tertiary/aromatic N) is 4. The van der Waals surface area contributed by atoms with E-state index < -0.39 is 0 Å². The van der Waals surface area contributed by atoms with Crippen LogP contribution in [-0.2, 0) is 26.5 Å². The molecular formula is C36H26N4OPt. The Morgan fingerprint density at radius 1 is 0.690 bits per heavy atom. The topological polar surface area (TPSA) is 44.3 Å². The third-order valence-corrected chi connectivity index (χ3v) is 7.81. The summed E-state index contributed by atoms with van der Waals surface area (Å²) in [7, 11) is 0. The molecule has 206 valence electrons. The number of hydrogen-bond acceptors (Lipinski definition) is 3. The zero-order valence-corrected chi connectivity index (χ0v) is 25.6. The average Bonchev–Trinajstić information content (AvgIpc) is 3.60. The summed E-state index contributed by atoms with van der Waals surface area (Å²) >= 11 is 0. The first-order chi connectivity index (χ1) is 20.0. The smallest absolute Gasteiger partial charge is 0.503 e. The Balaban J connectivity index is 0.00000288. The summed E-state index contributed by atoms with van der Waals surface area (Å²) in [6, 6.07) is 36.0. The predicted molar refractivity (Wildman–Crippen MR) is 165 cm³/mol. The van der Waals surface area contributed by atoms with Crippen LogP contribution >= 0.6 is 0 Å². The molecule has 0 aliphatic heterocycles. The van der Waals surface area contributed by atoms with Crippen LogP contribution in [0.15, 0.2) is 104 Å². The van der Waals surface area contributed by atoms with Crippen molar-refractivity contribution in [2.24, 2.45) is 0 Å². The Bertz CT molecular complexity index is 2280. The maximum atomic E-state index is 6.42. The molecule has 0 atom stereocenters. The van der Waals surface area contributed by atoms with E-state index in [1.165, 1.54) is 16.5 Å². The summed E-state index contributed by atoms with van der Waals surface area (Å²) < 4.78 is 10.7. The van der Waals surface area contributed by atoms with Gasteiger partial charge in [-0.15, -0.1) is 29.7 Å². The zero-order chi connectivity index (χ0) is 27.7. The minimum atomic E-state index is -0.0105. The van der Waals surface area contributed by atoms with Gasteiger partial charge in [-0.2, -0.15) is 6.07 Å². The van der Waals surface area contributed by atoms with Crippen molar-refractivity contribution in [1.29, 1.82) is 0 Å². The molecule has 0 aliphatic carbocycles. The maximum Gasteiger partial charge on any atom is 2.00 e. The summed E-state index contributed by atoms with van der Waals surface area (Å²) in [5.41, 5.74) is 5.32. The molecule has 0 fully saturated rings. The molecule has 4 aromatic heterocycles. The fourth-order valence-electron chi connectivity index (χ4n) is 6.01. The van der Waals surface area contributed by atoms with Gasteiger partial charge in [0.15, 0.2) is 0 Å². The summed E-state index contributed by atoms with van der Waals surface area (Å²) in [5.74, 6) is 2.07. The number of ether oxygens (including phenoxy) is 1. The second-order valence-corrected chi connectivity index (χ2v) is 11.4. The number of imidazole rings is 1. The Hall–Kier alpha value is -4.47. The van der Waals surface area contributed by atoms with Crippen LogP contribution in [0, 0.1) is 12.1 Å². The normalized spacial score (nSPS) is 12.0. The van der Waals surface area contributed by atoms with Gasteiger partial charge < -0.3 is 13.7 Å². The van der Waals surface area contributed by atoms with E-state index in [0.29, 0.717) is 11.5 Å². The van der Waals surface area contributed by atoms with E-state index in [0.717, 1.165) is 44.0 Å². The number of benzene rings is 4. The molecule has 6 heteroatoms. The van der Waals surface area contributed by atoms with E-state index in [9.17, 15) is 0 Å². The molecule has 5 nitrogen and oxygen atoms in total. The molecule has 4 heterocycles. The third-order valence-electron chi connectivity index (χ3n) is 7.81. The molecule has 4 aromatic carbocycles. The first-order valence-corrected chi connectivity index (χ1v) is 13.8. The van der Waals surface area contributed by atoms with E-state index in [4.69, 9.17) is 9.72 Å². The van der Waals surface area contributed by atoms with Crippen molar-refractivity contribution < 1.29 is 25.8 Å². The summed E-state index contributed by atoms with van der Waals surface area (Å²) in [5, 5.41) is 5.45. The van der Waals surface area contributed by atoms with E-state index in [1.54, 1.807) is 0 Å². The van der Waals surface area contributed by atoms with Crippen LogP contribution < -0.4 is 4.74 Å². The molecule has 0 amide bonds. The van der Waals surface area contributed by atoms with Gasteiger partial charge in [-0.1, -0.05) is 85.6 Å². The van der Waals surface area contributed by atoms with Gasteiger partial charge >= 0.3 is 21.1 Å². The van der Waals surface area contributed by atoms with Crippen LogP contribution in [0.3, 0.4) is 0 Å². The van der Waals surface area contributed by atoms with E-state index in [-0.39, 0.29) is 26.5 Å². The molecule has 0 radical (unpaired) electrons. The van der Waals surface area contributed by atoms with Gasteiger partial charge in [0.2, 0.25) is 0 Å². The van der Waals surface area contributed by atoms with Crippen molar-refractivity contribution in [3.8, 4) is 17.3 Å². The first kappa shape index (κ1) is 26.4. The van der Waals surface area contributed by atoms with E-state index in [2.05, 4.69) is 95.4 Å². The van der Waals surface area contributed by atoms with Crippen molar-refractivity contribution in [2.75, 3.05) is 0 Å². The SMILES string of the molecule is CC(C)(C)c1cccc2c3ccc(Oc4[c-]c5c(cc4)c4ccccc4n5-c4ccccn4)[c-]c3c3nccn3c12.[Pt+2]. The molecule has 0 unspecified atom stereocenters. The third kappa shape index (κ3) is 4.03.